The maximum atomic E-state index is 11.7. The second-order valence-electron chi connectivity index (χ2n) is 6.01. The van der Waals surface area contributed by atoms with E-state index in [1.807, 2.05) is 0 Å². The van der Waals surface area contributed by atoms with Crippen LogP contribution in [0.25, 0.3) is 0 Å². The predicted octanol–water partition coefficient (Wildman–Crippen LogP) is 3.78. The Morgan fingerprint density at radius 2 is 1.22 bits per heavy atom. The van der Waals surface area contributed by atoms with Crippen LogP contribution in [0.3, 0.4) is 0 Å². The number of rotatable bonds is 7. The molecule has 2 aromatic rings. The second-order valence-corrected chi connectivity index (χ2v) is 6.01. The molecule has 2 amide bonds. The maximum absolute atomic E-state index is 11.7. The number of benzene rings is 2. The first-order valence-electron chi connectivity index (χ1n) is 8.26. The van der Waals surface area contributed by atoms with Gasteiger partial charge >= 0.3 is 6.03 Å². The third-order valence-corrected chi connectivity index (χ3v) is 3.87. The monoisotopic (exact) mass is 310 g/mol. The quantitative estimate of drug-likeness (QED) is 0.751. The van der Waals surface area contributed by atoms with Crippen molar-refractivity contribution >= 4 is 6.03 Å². The number of carbonyl (C=O) groups excluding carboxylic acids is 1. The summed E-state index contributed by atoms with van der Waals surface area (Å²) in [6, 6.07) is 16.9. The molecule has 0 unspecified atom stereocenters. The lowest BCUT2D eigenvalue weighted by atomic mass is 10.1. The van der Waals surface area contributed by atoms with Gasteiger partial charge in [0.25, 0.3) is 0 Å². The largest absolute Gasteiger partial charge is 0.338 e. The van der Waals surface area contributed by atoms with E-state index in [4.69, 9.17) is 0 Å². The van der Waals surface area contributed by atoms with Crippen molar-refractivity contribution in [2.75, 3.05) is 13.1 Å². The summed E-state index contributed by atoms with van der Waals surface area (Å²) in [5.74, 6) is 0. The topological polar surface area (TPSA) is 41.1 Å². The highest BCUT2D eigenvalue weighted by Crippen LogP contribution is 2.05. The van der Waals surface area contributed by atoms with Gasteiger partial charge in [0.2, 0.25) is 0 Å². The van der Waals surface area contributed by atoms with Gasteiger partial charge in [0.1, 0.15) is 0 Å². The molecule has 2 N–H and O–H groups in total. The number of amides is 2. The first kappa shape index (κ1) is 17.1. The molecule has 0 spiro atoms. The Morgan fingerprint density at radius 3 is 1.78 bits per heavy atom. The van der Waals surface area contributed by atoms with Crippen LogP contribution in [0.2, 0.25) is 0 Å². The van der Waals surface area contributed by atoms with E-state index in [9.17, 15) is 4.79 Å². The van der Waals surface area contributed by atoms with Crippen LogP contribution in [0.5, 0.6) is 0 Å². The molecule has 2 rings (SSSR count). The van der Waals surface area contributed by atoms with Crippen molar-refractivity contribution in [2.24, 2.45) is 0 Å². The molecular formula is C20H26N2O. The van der Waals surface area contributed by atoms with Gasteiger partial charge < -0.3 is 10.6 Å². The molecule has 3 nitrogen and oxygen atoms in total. The average Bonchev–Trinajstić information content (AvgIpc) is 2.55. The van der Waals surface area contributed by atoms with E-state index in [-0.39, 0.29) is 6.03 Å². The third kappa shape index (κ3) is 6.55. The first-order chi connectivity index (χ1) is 11.1. The normalized spacial score (nSPS) is 10.3. The number of carbonyl (C=O) groups is 1. The van der Waals surface area contributed by atoms with Crippen molar-refractivity contribution < 1.29 is 4.79 Å². The van der Waals surface area contributed by atoms with Crippen LogP contribution in [0.4, 0.5) is 4.79 Å². The minimum absolute atomic E-state index is 0.0824. The van der Waals surface area contributed by atoms with Gasteiger partial charge in [-0.25, -0.2) is 4.79 Å². The number of hydrogen-bond donors (Lipinski definition) is 2. The lowest BCUT2D eigenvalue weighted by Gasteiger charge is -2.08. The molecule has 0 saturated heterocycles. The average molecular weight is 310 g/mol. The SMILES string of the molecule is Cc1ccc(CCCNC(=O)NCCc2ccc(C)cc2)cc1. The molecule has 0 fully saturated rings. The van der Waals surface area contributed by atoms with Crippen LogP contribution >= 0.6 is 0 Å². The van der Waals surface area contributed by atoms with E-state index in [1.54, 1.807) is 0 Å². The summed E-state index contributed by atoms with van der Waals surface area (Å²) in [5, 5.41) is 5.81. The zero-order chi connectivity index (χ0) is 16.5. The van der Waals surface area contributed by atoms with Crippen molar-refractivity contribution in [1.82, 2.24) is 10.6 Å². The predicted molar refractivity (Wildman–Crippen MR) is 95.8 cm³/mol. The Kier molecular flexibility index (Phi) is 6.67. The van der Waals surface area contributed by atoms with Gasteiger partial charge in [-0.3, -0.25) is 0 Å². The van der Waals surface area contributed by atoms with Gasteiger partial charge in [-0.05, 0) is 44.2 Å². The van der Waals surface area contributed by atoms with Gasteiger partial charge in [0.15, 0.2) is 0 Å². The number of urea groups is 1. The van der Waals surface area contributed by atoms with Crippen molar-refractivity contribution in [1.29, 1.82) is 0 Å². The van der Waals surface area contributed by atoms with E-state index in [1.165, 1.54) is 22.3 Å². The number of aryl methyl sites for hydroxylation is 3. The zero-order valence-electron chi connectivity index (χ0n) is 14.1. The van der Waals surface area contributed by atoms with Crippen molar-refractivity contribution in [3.63, 3.8) is 0 Å². The summed E-state index contributed by atoms with van der Waals surface area (Å²) in [5.41, 5.74) is 5.10. The number of nitrogens with one attached hydrogen (secondary N) is 2. The standard InChI is InChI=1S/C20H26N2O/c1-16-5-9-18(10-6-16)4-3-14-21-20(23)22-15-13-19-11-7-17(2)8-12-19/h5-12H,3-4,13-15H2,1-2H3,(H2,21,22,23). The fraction of sp³-hybridized carbons (Fsp3) is 0.350. The molecular weight excluding hydrogens is 284 g/mol. The molecule has 0 saturated carbocycles. The molecule has 23 heavy (non-hydrogen) atoms. The Bertz CT molecular complexity index is 603. The van der Waals surface area contributed by atoms with E-state index in [0.717, 1.165) is 19.3 Å². The lowest BCUT2D eigenvalue weighted by molar-refractivity contribution is 0.241. The molecule has 2 aromatic carbocycles. The van der Waals surface area contributed by atoms with Crippen LogP contribution in [0.1, 0.15) is 28.7 Å². The molecule has 0 radical (unpaired) electrons. The van der Waals surface area contributed by atoms with Crippen LogP contribution in [0, 0.1) is 13.8 Å². The van der Waals surface area contributed by atoms with Crippen molar-refractivity contribution in [3.05, 3.63) is 70.8 Å². The fourth-order valence-electron chi connectivity index (χ4n) is 2.39. The molecule has 0 aromatic heterocycles. The molecule has 3 heteroatoms. The molecule has 0 heterocycles. The minimum Gasteiger partial charge on any atom is -0.338 e. The van der Waals surface area contributed by atoms with Gasteiger partial charge in [0, 0.05) is 13.1 Å². The minimum atomic E-state index is -0.0824. The summed E-state index contributed by atoms with van der Waals surface area (Å²) in [4.78, 5) is 11.7. The van der Waals surface area contributed by atoms with E-state index >= 15 is 0 Å². The molecule has 0 atom stereocenters. The Balaban J connectivity index is 1.56. The summed E-state index contributed by atoms with van der Waals surface area (Å²) in [7, 11) is 0. The van der Waals surface area contributed by atoms with E-state index < -0.39 is 0 Å². The molecule has 122 valence electrons. The van der Waals surface area contributed by atoms with Gasteiger partial charge in [-0.1, -0.05) is 59.7 Å². The van der Waals surface area contributed by atoms with Crippen LogP contribution in [0.15, 0.2) is 48.5 Å². The third-order valence-electron chi connectivity index (χ3n) is 3.87. The van der Waals surface area contributed by atoms with Gasteiger partial charge in [-0.2, -0.15) is 0 Å². The summed E-state index contributed by atoms with van der Waals surface area (Å²) >= 11 is 0. The smallest absolute Gasteiger partial charge is 0.314 e. The van der Waals surface area contributed by atoms with Crippen LogP contribution < -0.4 is 10.6 Å². The summed E-state index contributed by atoms with van der Waals surface area (Å²) in [6.45, 7) is 5.52. The summed E-state index contributed by atoms with van der Waals surface area (Å²) < 4.78 is 0. The van der Waals surface area contributed by atoms with Gasteiger partial charge in [0.05, 0.1) is 0 Å². The van der Waals surface area contributed by atoms with E-state index in [2.05, 4.69) is 73.0 Å². The zero-order valence-corrected chi connectivity index (χ0v) is 14.1. The van der Waals surface area contributed by atoms with Crippen LogP contribution in [-0.2, 0) is 12.8 Å². The van der Waals surface area contributed by atoms with Crippen molar-refractivity contribution in [2.45, 2.75) is 33.1 Å². The lowest BCUT2D eigenvalue weighted by Crippen LogP contribution is -2.37. The Labute approximate surface area is 139 Å². The Morgan fingerprint density at radius 1 is 0.739 bits per heavy atom. The molecule has 0 aliphatic heterocycles. The molecule has 0 aliphatic carbocycles. The Hall–Kier alpha value is -2.29. The first-order valence-corrected chi connectivity index (χ1v) is 8.26. The van der Waals surface area contributed by atoms with Crippen LogP contribution in [-0.4, -0.2) is 19.1 Å². The highest BCUT2D eigenvalue weighted by atomic mass is 16.2. The highest BCUT2D eigenvalue weighted by Gasteiger charge is 2.00. The molecule has 0 aliphatic rings. The molecule has 0 bridgehead atoms. The van der Waals surface area contributed by atoms with Gasteiger partial charge in [-0.15, -0.1) is 0 Å². The highest BCUT2D eigenvalue weighted by molar-refractivity contribution is 5.73. The maximum Gasteiger partial charge on any atom is 0.314 e. The number of hydrogen-bond acceptors (Lipinski definition) is 1. The van der Waals surface area contributed by atoms with Crippen molar-refractivity contribution in [3.8, 4) is 0 Å². The summed E-state index contributed by atoms with van der Waals surface area (Å²) in [6.07, 6.45) is 2.80. The fourth-order valence-corrected chi connectivity index (χ4v) is 2.39. The van der Waals surface area contributed by atoms with E-state index in [0.29, 0.717) is 13.1 Å². The second kappa shape index (κ2) is 8.99.